The van der Waals surface area contributed by atoms with Gasteiger partial charge in [0, 0.05) is 29.5 Å². The van der Waals surface area contributed by atoms with Gasteiger partial charge in [0.15, 0.2) is 0 Å². The molecule has 1 aliphatic heterocycles. The van der Waals surface area contributed by atoms with Crippen LogP contribution in [0.15, 0.2) is 17.5 Å². The van der Waals surface area contributed by atoms with E-state index in [2.05, 4.69) is 48.5 Å². The van der Waals surface area contributed by atoms with Crippen molar-refractivity contribution in [1.29, 1.82) is 0 Å². The highest BCUT2D eigenvalue weighted by Crippen LogP contribution is 2.34. The SMILES string of the molecule is CCCC(c1cccs1)N1CCC(NCC)CC1C. The lowest BCUT2D eigenvalue weighted by molar-refractivity contribution is 0.0842. The van der Waals surface area contributed by atoms with Gasteiger partial charge in [-0.3, -0.25) is 4.90 Å². The molecule has 1 fully saturated rings. The molecule has 1 aliphatic rings. The molecule has 3 heteroatoms. The van der Waals surface area contributed by atoms with Gasteiger partial charge in [0.2, 0.25) is 0 Å². The van der Waals surface area contributed by atoms with Crippen molar-refractivity contribution in [3.8, 4) is 0 Å². The molecule has 3 unspecified atom stereocenters. The highest BCUT2D eigenvalue weighted by Gasteiger charge is 2.30. The Hall–Kier alpha value is -0.380. The monoisotopic (exact) mass is 280 g/mol. The lowest BCUT2D eigenvalue weighted by atomic mass is 9.94. The molecule has 0 aliphatic carbocycles. The van der Waals surface area contributed by atoms with E-state index in [1.807, 2.05) is 11.3 Å². The largest absolute Gasteiger partial charge is 0.314 e. The minimum Gasteiger partial charge on any atom is -0.314 e. The molecule has 0 amide bonds. The van der Waals surface area contributed by atoms with Gasteiger partial charge in [-0.15, -0.1) is 11.3 Å². The van der Waals surface area contributed by atoms with Crippen LogP contribution in [0.4, 0.5) is 0 Å². The number of nitrogens with zero attached hydrogens (tertiary/aromatic N) is 1. The summed E-state index contributed by atoms with van der Waals surface area (Å²) < 4.78 is 0. The molecule has 0 spiro atoms. The van der Waals surface area contributed by atoms with Gasteiger partial charge in [0.1, 0.15) is 0 Å². The molecule has 2 heterocycles. The average Bonchev–Trinajstić information content (AvgIpc) is 2.91. The van der Waals surface area contributed by atoms with Crippen molar-refractivity contribution in [3.63, 3.8) is 0 Å². The van der Waals surface area contributed by atoms with E-state index in [9.17, 15) is 0 Å². The molecule has 0 aromatic carbocycles. The lowest BCUT2D eigenvalue weighted by Gasteiger charge is -2.42. The predicted molar refractivity (Wildman–Crippen MR) is 84.8 cm³/mol. The van der Waals surface area contributed by atoms with E-state index in [1.165, 1.54) is 32.2 Å². The summed E-state index contributed by atoms with van der Waals surface area (Å²) in [6.07, 6.45) is 5.14. The summed E-state index contributed by atoms with van der Waals surface area (Å²) in [5.41, 5.74) is 0. The summed E-state index contributed by atoms with van der Waals surface area (Å²) in [6, 6.07) is 6.56. The summed E-state index contributed by atoms with van der Waals surface area (Å²) in [7, 11) is 0. The molecule has 1 N–H and O–H groups in total. The van der Waals surface area contributed by atoms with Crippen LogP contribution in [0.1, 0.15) is 57.4 Å². The number of thiophene rings is 1. The van der Waals surface area contributed by atoms with Crippen molar-refractivity contribution >= 4 is 11.3 Å². The maximum atomic E-state index is 3.62. The molecule has 0 bridgehead atoms. The van der Waals surface area contributed by atoms with Crippen molar-refractivity contribution in [3.05, 3.63) is 22.4 Å². The third-order valence-corrected chi connectivity index (χ3v) is 5.23. The Bertz CT molecular complexity index is 350. The number of hydrogen-bond donors (Lipinski definition) is 1. The quantitative estimate of drug-likeness (QED) is 0.845. The average molecular weight is 280 g/mol. The third kappa shape index (κ3) is 3.80. The highest BCUT2D eigenvalue weighted by atomic mass is 32.1. The van der Waals surface area contributed by atoms with Gasteiger partial charge in [-0.05, 0) is 44.2 Å². The van der Waals surface area contributed by atoms with Crippen LogP contribution in [-0.2, 0) is 0 Å². The number of likely N-dealkylation sites (tertiary alicyclic amines) is 1. The van der Waals surface area contributed by atoms with E-state index in [-0.39, 0.29) is 0 Å². The summed E-state index contributed by atoms with van der Waals surface area (Å²) in [6.45, 7) is 9.25. The Morgan fingerprint density at radius 1 is 1.47 bits per heavy atom. The van der Waals surface area contributed by atoms with Crippen LogP contribution in [-0.4, -0.2) is 30.1 Å². The van der Waals surface area contributed by atoms with Gasteiger partial charge < -0.3 is 5.32 Å². The van der Waals surface area contributed by atoms with Gasteiger partial charge in [-0.1, -0.05) is 26.3 Å². The Morgan fingerprint density at radius 2 is 2.32 bits per heavy atom. The summed E-state index contributed by atoms with van der Waals surface area (Å²) in [5.74, 6) is 0. The van der Waals surface area contributed by atoms with E-state index >= 15 is 0 Å². The van der Waals surface area contributed by atoms with Crippen molar-refractivity contribution in [1.82, 2.24) is 10.2 Å². The number of piperidine rings is 1. The van der Waals surface area contributed by atoms with Crippen molar-refractivity contribution in [2.45, 2.75) is 64.6 Å². The fraction of sp³-hybridized carbons (Fsp3) is 0.750. The van der Waals surface area contributed by atoms with E-state index in [1.54, 1.807) is 4.88 Å². The van der Waals surface area contributed by atoms with Crippen LogP contribution < -0.4 is 5.32 Å². The smallest absolute Gasteiger partial charge is 0.0444 e. The predicted octanol–water partition coefficient (Wildman–Crippen LogP) is 4.05. The van der Waals surface area contributed by atoms with Crippen molar-refractivity contribution in [2.24, 2.45) is 0 Å². The maximum Gasteiger partial charge on any atom is 0.0444 e. The zero-order valence-corrected chi connectivity index (χ0v) is 13.4. The highest BCUT2D eigenvalue weighted by molar-refractivity contribution is 7.10. The topological polar surface area (TPSA) is 15.3 Å². The maximum absolute atomic E-state index is 3.62. The van der Waals surface area contributed by atoms with Crippen LogP contribution in [0.2, 0.25) is 0 Å². The summed E-state index contributed by atoms with van der Waals surface area (Å²) in [4.78, 5) is 4.29. The molecule has 2 nitrogen and oxygen atoms in total. The summed E-state index contributed by atoms with van der Waals surface area (Å²) in [5, 5.41) is 5.83. The molecule has 19 heavy (non-hydrogen) atoms. The van der Waals surface area contributed by atoms with Crippen LogP contribution in [0.3, 0.4) is 0 Å². The van der Waals surface area contributed by atoms with Gasteiger partial charge >= 0.3 is 0 Å². The zero-order valence-electron chi connectivity index (χ0n) is 12.6. The Morgan fingerprint density at radius 3 is 2.89 bits per heavy atom. The minimum atomic E-state index is 0.641. The summed E-state index contributed by atoms with van der Waals surface area (Å²) >= 11 is 1.92. The Balaban J connectivity index is 2.02. The fourth-order valence-electron chi connectivity index (χ4n) is 3.35. The third-order valence-electron chi connectivity index (χ3n) is 4.25. The van der Waals surface area contributed by atoms with Crippen molar-refractivity contribution in [2.75, 3.05) is 13.1 Å². The molecule has 1 saturated heterocycles. The molecule has 1 aromatic rings. The standard InChI is InChI=1S/C16H28N2S/c1-4-7-15(16-8-6-11-19-16)18-10-9-14(17-5-2)12-13(18)3/h6,8,11,13-15,17H,4-5,7,9-10,12H2,1-3H3. The molecular weight excluding hydrogens is 252 g/mol. The number of hydrogen-bond acceptors (Lipinski definition) is 3. The molecule has 108 valence electrons. The van der Waals surface area contributed by atoms with E-state index < -0.39 is 0 Å². The normalized spacial score (nSPS) is 26.5. The molecule has 3 atom stereocenters. The minimum absolute atomic E-state index is 0.641. The first-order valence-electron chi connectivity index (χ1n) is 7.78. The van der Waals surface area contributed by atoms with Gasteiger partial charge in [-0.25, -0.2) is 0 Å². The molecule has 2 rings (SSSR count). The van der Waals surface area contributed by atoms with Crippen LogP contribution in [0, 0.1) is 0 Å². The number of rotatable bonds is 6. The Labute approximate surface area is 122 Å². The van der Waals surface area contributed by atoms with Crippen LogP contribution >= 0.6 is 11.3 Å². The molecule has 1 aromatic heterocycles. The second-order valence-corrected chi connectivity index (χ2v) is 6.66. The molecule has 0 saturated carbocycles. The van der Waals surface area contributed by atoms with Crippen LogP contribution in [0.25, 0.3) is 0 Å². The van der Waals surface area contributed by atoms with E-state index in [0.717, 1.165) is 12.6 Å². The van der Waals surface area contributed by atoms with E-state index in [0.29, 0.717) is 12.1 Å². The fourth-order valence-corrected chi connectivity index (χ4v) is 4.23. The van der Waals surface area contributed by atoms with Gasteiger partial charge in [0.05, 0.1) is 0 Å². The second-order valence-electron chi connectivity index (χ2n) is 5.69. The lowest BCUT2D eigenvalue weighted by Crippen LogP contribution is -2.48. The van der Waals surface area contributed by atoms with Gasteiger partial charge in [-0.2, -0.15) is 0 Å². The van der Waals surface area contributed by atoms with Gasteiger partial charge in [0.25, 0.3) is 0 Å². The number of nitrogens with one attached hydrogen (secondary N) is 1. The van der Waals surface area contributed by atoms with Crippen molar-refractivity contribution < 1.29 is 0 Å². The second kappa shape index (κ2) is 7.41. The molecule has 0 radical (unpaired) electrons. The first-order valence-corrected chi connectivity index (χ1v) is 8.66. The first-order chi connectivity index (χ1) is 9.26. The first kappa shape index (κ1) is 15.0. The molecular formula is C16H28N2S. The zero-order chi connectivity index (χ0) is 13.7. The van der Waals surface area contributed by atoms with Crippen LogP contribution in [0.5, 0.6) is 0 Å². The Kier molecular flexibility index (Phi) is 5.86. The van der Waals surface area contributed by atoms with E-state index in [4.69, 9.17) is 0 Å².